The summed E-state index contributed by atoms with van der Waals surface area (Å²) in [5.41, 5.74) is 1.53. The number of rotatable bonds is 14. The maximum Gasteiger partial charge on any atom is 0.314 e. The van der Waals surface area contributed by atoms with Crippen LogP contribution in [0.1, 0.15) is 82.4 Å². The van der Waals surface area contributed by atoms with E-state index in [9.17, 15) is 14.4 Å². The van der Waals surface area contributed by atoms with Crippen molar-refractivity contribution in [2.75, 3.05) is 20.7 Å². The second kappa shape index (κ2) is 16.5. The highest BCUT2D eigenvalue weighted by Gasteiger charge is 2.25. The van der Waals surface area contributed by atoms with Crippen molar-refractivity contribution >= 4 is 23.8 Å². The van der Waals surface area contributed by atoms with Gasteiger partial charge in [0.25, 0.3) is 0 Å². The molecule has 2 aromatic carbocycles. The molecule has 0 unspecified atom stereocenters. The molecule has 44 heavy (non-hydrogen) atoms. The van der Waals surface area contributed by atoms with Crippen molar-refractivity contribution in [2.24, 2.45) is 10.8 Å². The molecule has 0 N–H and O–H groups in total. The van der Waals surface area contributed by atoms with Crippen LogP contribution in [0.2, 0.25) is 0 Å². The van der Waals surface area contributed by atoms with Gasteiger partial charge in [-0.1, -0.05) is 24.3 Å². The van der Waals surface area contributed by atoms with Gasteiger partial charge < -0.3 is 23.7 Å². The molecule has 0 saturated heterocycles. The van der Waals surface area contributed by atoms with Crippen molar-refractivity contribution in [1.82, 2.24) is 0 Å². The molecule has 0 radical (unpaired) electrons. The fraction of sp³-hybridized carbons (Fsp3) is 0.417. The predicted molar refractivity (Wildman–Crippen MR) is 172 cm³/mol. The van der Waals surface area contributed by atoms with Gasteiger partial charge in [-0.15, -0.1) is 0 Å². The molecule has 8 heteroatoms. The van der Waals surface area contributed by atoms with E-state index in [1.165, 1.54) is 6.08 Å². The second-order valence-electron chi connectivity index (χ2n) is 12.1. The zero-order chi connectivity index (χ0) is 32.9. The number of allylic oxidation sites excluding steroid dienone is 5. The summed E-state index contributed by atoms with van der Waals surface area (Å²) in [7, 11) is 1.57. The summed E-state index contributed by atoms with van der Waals surface area (Å²) >= 11 is 0. The maximum absolute atomic E-state index is 13.1. The van der Waals surface area contributed by atoms with Gasteiger partial charge in [0.2, 0.25) is 13.6 Å². The molecule has 0 bridgehead atoms. The molecular weight excluding hydrogens is 560 g/mol. The number of carbonyl (C=O) groups excluding carboxylic acids is 3. The minimum absolute atomic E-state index is 0.211. The Morgan fingerprint density at radius 3 is 1.82 bits per heavy atom. The van der Waals surface area contributed by atoms with E-state index >= 15 is 0 Å². The Balaban J connectivity index is 2.34. The van der Waals surface area contributed by atoms with Crippen molar-refractivity contribution in [3.8, 4) is 17.2 Å². The van der Waals surface area contributed by atoms with Crippen LogP contribution in [0.3, 0.4) is 0 Å². The molecule has 0 aliphatic carbocycles. The van der Waals surface area contributed by atoms with Gasteiger partial charge in [-0.05, 0) is 116 Å². The first kappa shape index (κ1) is 35.9. The van der Waals surface area contributed by atoms with Gasteiger partial charge in [-0.2, -0.15) is 0 Å². The van der Waals surface area contributed by atoms with Crippen molar-refractivity contribution in [3.05, 3.63) is 83.0 Å². The van der Waals surface area contributed by atoms with Gasteiger partial charge in [-0.3, -0.25) is 14.4 Å². The van der Waals surface area contributed by atoms with Gasteiger partial charge in [0.1, 0.15) is 17.2 Å². The Kier molecular flexibility index (Phi) is 13.4. The number of carbonyl (C=O) groups is 3. The zero-order valence-corrected chi connectivity index (χ0v) is 27.4. The van der Waals surface area contributed by atoms with Gasteiger partial charge in [-0.25, -0.2) is 0 Å². The minimum Gasteiger partial charge on any atom is -0.496 e. The average Bonchev–Trinajstić information content (AvgIpc) is 2.97. The number of methoxy groups -OCH3 is 1. The second-order valence-corrected chi connectivity index (χ2v) is 12.1. The Morgan fingerprint density at radius 2 is 1.30 bits per heavy atom. The highest BCUT2D eigenvalue weighted by molar-refractivity contribution is 6.07. The van der Waals surface area contributed by atoms with Crippen molar-refractivity contribution in [1.29, 1.82) is 0 Å². The van der Waals surface area contributed by atoms with Crippen LogP contribution >= 0.6 is 0 Å². The first-order chi connectivity index (χ1) is 20.7. The monoisotopic (exact) mass is 606 g/mol. The molecule has 0 atom stereocenters. The van der Waals surface area contributed by atoms with Crippen LogP contribution in [-0.4, -0.2) is 38.4 Å². The number of esters is 2. The maximum atomic E-state index is 13.1. The van der Waals surface area contributed by atoms with Crippen LogP contribution in [0.25, 0.3) is 6.08 Å². The van der Waals surface area contributed by atoms with Crippen molar-refractivity contribution < 1.29 is 38.1 Å². The van der Waals surface area contributed by atoms with E-state index in [0.29, 0.717) is 41.2 Å². The fourth-order valence-corrected chi connectivity index (χ4v) is 3.86. The van der Waals surface area contributed by atoms with Crippen molar-refractivity contribution in [3.63, 3.8) is 0 Å². The Morgan fingerprint density at radius 1 is 0.750 bits per heavy atom. The third-order valence-corrected chi connectivity index (χ3v) is 6.35. The molecule has 0 aliphatic rings. The standard InChI is InChI=1S/C36H46O8/c1-10-12-14-26-22-27(31(40-9)29(15-13-11-2)32(26)42-24-44-34(39)36(6,7)8)18-21-30(37)25-16-19-28(20-17-25)41-23-43-33(38)35(3,4)5/h10-13,16-22H,14-15,23-24H2,1-9H3. The van der Waals surface area contributed by atoms with Crippen LogP contribution < -0.4 is 14.2 Å². The third kappa shape index (κ3) is 10.7. The van der Waals surface area contributed by atoms with E-state index in [-0.39, 0.29) is 31.3 Å². The summed E-state index contributed by atoms with van der Waals surface area (Å²) in [6.45, 7) is 14.0. The summed E-state index contributed by atoms with van der Waals surface area (Å²) in [6, 6.07) is 8.51. The van der Waals surface area contributed by atoms with Gasteiger partial charge in [0.15, 0.2) is 5.78 Å². The van der Waals surface area contributed by atoms with E-state index in [1.54, 1.807) is 79.0 Å². The van der Waals surface area contributed by atoms with E-state index in [0.717, 1.165) is 11.1 Å². The lowest BCUT2D eigenvalue weighted by Crippen LogP contribution is -2.25. The summed E-state index contributed by atoms with van der Waals surface area (Å²) in [5, 5.41) is 0. The number of hydrogen-bond acceptors (Lipinski definition) is 8. The molecule has 0 amide bonds. The molecule has 238 valence electrons. The highest BCUT2D eigenvalue weighted by atomic mass is 16.7. The number of hydrogen-bond donors (Lipinski definition) is 0. The molecule has 0 fully saturated rings. The Labute approximate surface area is 261 Å². The number of ether oxygens (including phenoxy) is 5. The normalized spacial score (nSPS) is 12.1. The highest BCUT2D eigenvalue weighted by Crippen LogP contribution is 2.38. The average molecular weight is 607 g/mol. The van der Waals surface area contributed by atoms with E-state index in [1.807, 2.05) is 44.2 Å². The van der Waals surface area contributed by atoms with Gasteiger partial charge >= 0.3 is 11.9 Å². The Bertz CT molecular complexity index is 1370. The lowest BCUT2D eigenvalue weighted by Gasteiger charge is -2.21. The topological polar surface area (TPSA) is 97.4 Å². The molecule has 8 nitrogen and oxygen atoms in total. The van der Waals surface area contributed by atoms with Crippen LogP contribution in [0.15, 0.2) is 60.7 Å². The zero-order valence-electron chi connectivity index (χ0n) is 27.4. The minimum atomic E-state index is -0.655. The van der Waals surface area contributed by atoms with Crippen LogP contribution in [0.4, 0.5) is 0 Å². The fourth-order valence-electron chi connectivity index (χ4n) is 3.86. The number of benzene rings is 2. The van der Waals surface area contributed by atoms with E-state index in [2.05, 4.69) is 0 Å². The van der Waals surface area contributed by atoms with Crippen LogP contribution in [0, 0.1) is 10.8 Å². The Hall–Kier alpha value is -4.33. The largest absolute Gasteiger partial charge is 0.496 e. The lowest BCUT2D eigenvalue weighted by atomic mass is 9.96. The molecule has 0 aromatic heterocycles. The summed E-state index contributed by atoms with van der Waals surface area (Å²) < 4.78 is 27.9. The summed E-state index contributed by atoms with van der Waals surface area (Å²) in [4.78, 5) is 37.3. The first-order valence-corrected chi connectivity index (χ1v) is 14.6. The first-order valence-electron chi connectivity index (χ1n) is 14.6. The quantitative estimate of drug-likeness (QED) is 0.0710. The molecule has 2 aromatic rings. The summed E-state index contributed by atoms with van der Waals surface area (Å²) in [5.74, 6) is 0.665. The van der Waals surface area contributed by atoms with Crippen LogP contribution in [0.5, 0.6) is 17.2 Å². The molecule has 0 aliphatic heterocycles. The summed E-state index contributed by atoms with van der Waals surface area (Å²) in [6.07, 6.45) is 12.1. The third-order valence-electron chi connectivity index (χ3n) is 6.35. The predicted octanol–water partition coefficient (Wildman–Crippen LogP) is 7.68. The molecular formula is C36H46O8. The van der Waals surface area contributed by atoms with Crippen LogP contribution in [-0.2, 0) is 31.9 Å². The number of ketones is 1. The molecule has 2 rings (SSSR count). The molecule has 0 spiro atoms. The van der Waals surface area contributed by atoms with E-state index in [4.69, 9.17) is 23.7 Å². The molecule has 0 saturated carbocycles. The van der Waals surface area contributed by atoms with Gasteiger partial charge in [0.05, 0.1) is 17.9 Å². The van der Waals surface area contributed by atoms with Crippen molar-refractivity contribution in [2.45, 2.75) is 68.2 Å². The smallest absolute Gasteiger partial charge is 0.314 e. The van der Waals surface area contributed by atoms with Gasteiger partial charge in [0, 0.05) is 16.7 Å². The SMILES string of the molecule is CC=CCc1cc(C=CC(=O)c2ccc(OCOC(=O)C(C)(C)C)cc2)c(OC)c(CC=CC)c1OCOC(=O)C(C)(C)C. The lowest BCUT2D eigenvalue weighted by molar-refractivity contribution is -0.160. The molecule has 0 heterocycles. The van der Waals surface area contributed by atoms with E-state index < -0.39 is 10.8 Å².